The number of rotatable bonds is 3. The summed E-state index contributed by atoms with van der Waals surface area (Å²) in [7, 11) is -5.62. The van der Waals surface area contributed by atoms with Crippen LogP contribution in [0.1, 0.15) is 11.1 Å². The summed E-state index contributed by atoms with van der Waals surface area (Å²) in [6, 6.07) is 3.14. The van der Waals surface area contributed by atoms with Crippen LogP contribution in [-0.2, 0) is 10.1 Å². The van der Waals surface area contributed by atoms with Crippen LogP contribution in [0, 0.1) is 13.8 Å². The first-order chi connectivity index (χ1) is 8.08. The molecule has 1 rings (SSSR count). The summed E-state index contributed by atoms with van der Waals surface area (Å²) >= 11 is 1.40. The van der Waals surface area contributed by atoms with Crippen molar-refractivity contribution in [1.29, 1.82) is 0 Å². The topological polar surface area (TPSA) is 43.4 Å². The summed E-state index contributed by atoms with van der Waals surface area (Å²) in [5.74, 6) is -0.273. The highest BCUT2D eigenvalue weighted by molar-refractivity contribution is 7.98. The summed E-state index contributed by atoms with van der Waals surface area (Å²) < 4.78 is 62.7. The van der Waals surface area contributed by atoms with Crippen molar-refractivity contribution in [2.75, 3.05) is 6.26 Å². The van der Waals surface area contributed by atoms with E-state index in [0.29, 0.717) is 11.1 Å². The molecule has 0 aromatic heterocycles. The second kappa shape index (κ2) is 5.00. The van der Waals surface area contributed by atoms with E-state index >= 15 is 0 Å². The molecule has 0 fully saturated rings. The maximum atomic E-state index is 12.2. The van der Waals surface area contributed by atoms with Gasteiger partial charge >= 0.3 is 15.6 Å². The highest BCUT2D eigenvalue weighted by Gasteiger charge is 2.48. The van der Waals surface area contributed by atoms with Gasteiger partial charge in [-0.15, -0.1) is 11.8 Å². The number of benzene rings is 1. The lowest BCUT2D eigenvalue weighted by Gasteiger charge is -2.14. The molecule has 0 bridgehead atoms. The van der Waals surface area contributed by atoms with Crippen molar-refractivity contribution in [1.82, 2.24) is 0 Å². The molecule has 0 aliphatic heterocycles. The Labute approximate surface area is 107 Å². The molecule has 0 saturated carbocycles. The fourth-order valence-electron chi connectivity index (χ4n) is 1.32. The zero-order valence-corrected chi connectivity index (χ0v) is 11.5. The normalized spacial score (nSPS) is 12.6. The van der Waals surface area contributed by atoms with Crippen molar-refractivity contribution in [3.8, 4) is 5.75 Å². The van der Waals surface area contributed by atoms with Crippen molar-refractivity contribution in [3.05, 3.63) is 23.3 Å². The quantitative estimate of drug-likeness (QED) is 0.488. The van der Waals surface area contributed by atoms with Crippen LogP contribution < -0.4 is 4.18 Å². The van der Waals surface area contributed by atoms with Crippen molar-refractivity contribution in [3.63, 3.8) is 0 Å². The van der Waals surface area contributed by atoms with Gasteiger partial charge in [0.05, 0.1) is 0 Å². The highest BCUT2D eigenvalue weighted by atomic mass is 32.2. The zero-order chi connectivity index (χ0) is 14.1. The van der Waals surface area contributed by atoms with E-state index in [1.165, 1.54) is 25.6 Å². The summed E-state index contributed by atoms with van der Waals surface area (Å²) in [6.07, 6.45) is 1.81. The Bertz CT molecular complexity index is 527. The predicted molar refractivity (Wildman–Crippen MR) is 63.3 cm³/mol. The average molecular weight is 300 g/mol. The summed E-state index contributed by atoms with van der Waals surface area (Å²) in [5, 5.41) is 0. The summed E-state index contributed by atoms with van der Waals surface area (Å²) in [6.45, 7) is 2.99. The predicted octanol–water partition coefficient (Wildman–Crippen LogP) is 3.25. The molecule has 8 heteroatoms. The fraction of sp³-hybridized carbons (Fsp3) is 0.400. The van der Waals surface area contributed by atoms with Crippen LogP contribution in [0.15, 0.2) is 17.0 Å². The average Bonchev–Trinajstić information content (AvgIpc) is 2.21. The maximum Gasteiger partial charge on any atom is 0.534 e. The van der Waals surface area contributed by atoms with Gasteiger partial charge in [0.1, 0.15) is 5.75 Å². The van der Waals surface area contributed by atoms with Crippen LogP contribution in [0.3, 0.4) is 0 Å². The molecule has 0 aliphatic carbocycles. The van der Waals surface area contributed by atoms with E-state index in [1.54, 1.807) is 18.4 Å². The molecule has 1 aromatic rings. The lowest BCUT2D eigenvalue weighted by molar-refractivity contribution is -0.0500. The second-order valence-corrected chi connectivity index (χ2v) is 5.99. The molecular weight excluding hydrogens is 289 g/mol. The second-order valence-electron chi connectivity index (χ2n) is 3.57. The minimum atomic E-state index is -5.62. The number of hydrogen-bond donors (Lipinski definition) is 0. The van der Waals surface area contributed by atoms with Crippen LogP contribution in [0.5, 0.6) is 5.75 Å². The Morgan fingerprint density at radius 3 is 1.94 bits per heavy atom. The fourth-order valence-corrected chi connectivity index (χ4v) is 2.48. The molecule has 0 aliphatic rings. The molecule has 0 saturated heterocycles. The molecule has 0 atom stereocenters. The van der Waals surface area contributed by atoms with Crippen LogP contribution in [-0.4, -0.2) is 20.2 Å². The van der Waals surface area contributed by atoms with Gasteiger partial charge in [0, 0.05) is 4.90 Å². The molecule has 3 nitrogen and oxygen atoms in total. The number of thioether (sulfide) groups is 1. The van der Waals surface area contributed by atoms with Crippen molar-refractivity contribution >= 4 is 21.9 Å². The third kappa shape index (κ3) is 3.11. The molecule has 0 unspecified atom stereocenters. The number of aryl methyl sites for hydroxylation is 2. The van der Waals surface area contributed by atoms with E-state index in [4.69, 9.17) is 0 Å². The van der Waals surface area contributed by atoms with E-state index in [0.717, 1.165) is 4.90 Å². The van der Waals surface area contributed by atoms with Gasteiger partial charge in [-0.05, 0) is 43.4 Å². The largest absolute Gasteiger partial charge is 0.534 e. The van der Waals surface area contributed by atoms with Crippen LogP contribution in [0.25, 0.3) is 0 Å². The molecular formula is C10H11F3O3S2. The molecule has 0 amide bonds. The number of hydrogen-bond acceptors (Lipinski definition) is 4. The standard InChI is InChI=1S/C10H11F3O3S2/c1-6-4-8(17-3)5-7(2)9(6)16-18(14,15)10(11,12)13/h4-5H,1-3H3. The zero-order valence-electron chi connectivity index (χ0n) is 9.83. The first kappa shape index (κ1) is 15.2. The summed E-state index contributed by atoms with van der Waals surface area (Å²) in [4.78, 5) is 0.821. The minimum Gasteiger partial charge on any atom is -0.375 e. The van der Waals surface area contributed by atoms with E-state index < -0.39 is 15.6 Å². The van der Waals surface area contributed by atoms with Crippen LogP contribution >= 0.6 is 11.8 Å². The van der Waals surface area contributed by atoms with Gasteiger partial charge in [-0.25, -0.2) is 0 Å². The number of alkyl halides is 3. The van der Waals surface area contributed by atoms with Gasteiger partial charge in [0.2, 0.25) is 0 Å². The lowest BCUT2D eigenvalue weighted by Crippen LogP contribution is -2.28. The van der Waals surface area contributed by atoms with Crippen LogP contribution in [0.2, 0.25) is 0 Å². The Hall–Kier alpha value is -0.890. The van der Waals surface area contributed by atoms with E-state index in [1.807, 2.05) is 0 Å². The van der Waals surface area contributed by atoms with Gasteiger partial charge in [-0.3, -0.25) is 0 Å². The SMILES string of the molecule is CSc1cc(C)c(OS(=O)(=O)C(F)(F)F)c(C)c1. The van der Waals surface area contributed by atoms with Crippen LogP contribution in [0.4, 0.5) is 13.2 Å². The number of halogens is 3. The third-order valence-electron chi connectivity index (χ3n) is 2.15. The summed E-state index contributed by atoms with van der Waals surface area (Å²) in [5.41, 5.74) is -4.75. The molecule has 18 heavy (non-hydrogen) atoms. The molecule has 0 heterocycles. The molecule has 1 aromatic carbocycles. The lowest BCUT2D eigenvalue weighted by atomic mass is 10.1. The highest BCUT2D eigenvalue weighted by Crippen LogP contribution is 2.33. The van der Waals surface area contributed by atoms with Gasteiger partial charge in [-0.1, -0.05) is 0 Å². The van der Waals surface area contributed by atoms with Gasteiger partial charge in [0.15, 0.2) is 0 Å². The van der Waals surface area contributed by atoms with Crippen molar-refractivity contribution < 1.29 is 25.8 Å². The Morgan fingerprint density at radius 1 is 1.17 bits per heavy atom. The Morgan fingerprint density at radius 2 is 1.61 bits per heavy atom. The van der Waals surface area contributed by atoms with E-state index in [-0.39, 0.29) is 5.75 Å². The monoisotopic (exact) mass is 300 g/mol. The molecule has 102 valence electrons. The van der Waals surface area contributed by atoms with Gasteiger partial charge < -0.3 is 4.18 Å². The maximum absolute atomic E-state index is 12.2. The minimum absolute atomic E-state index is 0.273. The van der Waals surface area contributed by atoms with Gasteiger partial charge in [-0.2, -0.15) is 21.6 Å². The molecule has 0 spiro atoms. The van der Waals surface area contributed by atoms with E-state index in [2.05, 4.69) is 4.18 Å². The molecule has 0 radical (unpaired) electrons. The Balaban J connectivity index is 3.22. The van der Waals surface area contributed by atoms with Gasteiger partial charge in [0.25, 0.3) is 0 Å². The van der Waals surface area contributed by atoms with Crippen molar-refractivity contribution in [2.45, 2.75) is 24.3 Å². The first-order valence-electron chi connectivity index (χ1n) is 4.74. The molecule has 0 N–H and O–H groups in total. The third-order valence-corrected chi connectivity index (χ3v) is 3.81. The Kier molecular flexibility index (Phi) is 4.22. The smallest absolute Gasteiger partial charge is 0.375 e. The van der Waals surface area contributed by atoms with E-state index in [9.17, 15) is 21.6 Å². The van der Waals surface area contributed by atoms with Crippen molar-refractivity contribution in [2.24, 2.45) is 0 Å². The first-order valence-corrected chi connectivity index (χ1v) is 7.38.